The zero-order chi connectivity index (χ0) is 21.5. The maximum Gasteiger partial charge on any atom is 0.306 e. The van der Waals surface area contributed by atoms with E-state index < -0.39 is 17.9 Å². The third kappa shape index (κ3) is 5.46. The number of carbonyl (C=O) groups is 2. The summed E-state index contributed by atoms with van der Waals surface area (Å²) in [5.41, 5.74) is 2.14. The molecule has 0 spiro atoms. The van der Waals surface area contributed by atoms with Gasteiger partial charge in [-0.3, -0.25) is 9.59 Å². The summed E-state index contributed by atoms with van der Waals surface area (Å²) in [6, 6.07) is 16.3. The van der Waals surface area contributed by atoms with Crippen molar-refractivity contribution in [1.82, 2.24) is 5.32 Å². The topological polar surface area (TPSA) is 98.0 Å². The maximum absolute atomic E-state index is 12.7. The normalized spacial score (nSPS) is 13.1. The highest BCUT2D eigenvalue weighted by molar-refractivity contribution is 5.95. The number of furan rings is 1. The van der Waals surface area contributed by atoms with E-state index in [2.05, 4.69) is 5.32 Å². The van der Waals surface area contributed by atoms with Gasteiger partial charge in [0.1, 0.15) is 18.1 Å². The Morgan fingerprint density at radius 2 is 1.87 bits per heavy atom. The zero-order valence-corrected chi connectivity index (χ0v) is 17.0. The molecule has 0 bridgehead atoms. The molecule has 30 heavy (non-hydrogen) atoms. The highest BCUT2D eigenvalue weighted by Crippen LogP contribution is 2.27. The standard InChI is InChI=1S/C23H25NO6/c1-15(23(26)27)11-19(13-29-14-28-2)24-22(25)17-9-7-16(8-10-17)21-12-18-5-3-4-6-20(18)30-21/h3-10,12,15,19H,11,13-14H2,1-2H3,(H,24,25)(H,26,27)/t15-,19-/m0/s1. The number of carbonyl (C=O) groups excluding carboxylic acids is 1. The summed E-state index contributed by atoms with van der Waals surface area (Å²) in [4.78, 5) is 23.8. The van der Waals surface area contributed by atoms with Crippen LogP contribution in [0.1, 0.15) is 23.7 Å². The molecule has 0 saturated carbocycles. The van der Waals surface area contributed by atoms with Crippen LogP contribution in [0.25, 0.3) is 22.3 Å². The number of nitrogens with one attached hydrogen (secondary N) is 1. The number of hydrogen-bond donors (Lipinski definition) is 2. The van der Waals surface area contributed by atoms with Crippen molar-refractivity contribution in [2.24, 2.45) is 5.92 Å². The predicted octanol–water partition coefficient (Wildman–Crippen LogP) is 3.93. The van der Waals surface area contributed by atoms with Crippen LogP contribution in [-0.4, -0.2) is 43.5 Å². The first kappa shape index (κ1) is 21.5. The second-order valence-corrected chi connectivity index (χ2v) is 7.15. The Hall–Kier alpha value is -3.16. The minimum atomic E-state index is -0.920. The molecule has 0 unspecified atom stereocenters. The lowest BCUT2D eigenvalue weighted by atomic mass is 10.0. The van der Waals surface area contributed by atoms with Crippen molar-refractivity contribution >= 4 is 22.8 Å². The molecule has 158 valence electrons. The molecule has 2 atom stereocenters. The van der Waals surface area contributed by atoms with Crippen molar-refractivity contribution in [3.05, 3.63) is 60.2 Å². The SMILES string of the molecule is COCOC[C@H](C[C@H](C)C(=O)O)NC(=O)c1ccc(-c2cc3ccccc3o2)cc1. The molecule has 2 aromatic carbocycles. The molecule has 3 rings (SSSR count). The van der Waals surface area contributed by atoms with Crippen LogP contribution in [0.3, 0.4) is 0 Å². The number of para-hydroxylation sites is 1. The van der Waals surface area contributed by atoms with Crippen molar-refractivity contribution in [3.8, 4) is 11.3 Å². The Morgan fingerprint density at radius 3 is 2.53 bits per heavy atom. The van der Waals surface area contributed by atoms with E-state index >= 15 is 0 Å². The van der Waals surface area contributed by atoms with Crippen molar-refractivity contribution in [1.29, 1.82) is 0 Å². The van der Waals surface area contributed by atoms with Gasteiger partial charge in [-0.2, -0.15) is 0 Å². The Morgan fingerprint density at radius 1 is 1.13 bits per heavy atom. The average molecular weight is 411 g/mol. The number of hydrogen-bond acceptors (Lipinski definition) is 5. The van der Waals surface area contributed by atoms with Gasteiger partial charge in [-0.25, -0.2) is 0 Å². The molecule has 1 aromatic heterocycles. The van der Waals surface area contributed by atoms with E-state index in [1.165, 1.54) is 7.11 Å². The van der Waals surface area contributed by atoms with E-state index in [0.29, 0.717) is 5.56 Å². The van der Waals surface area contributed by atoms with E-state index in [9.17, 15) is 9.59 Å². The van der Waals surface area contributed by atoms with Crippen LogP contribution < -0.4 is 5.32 Å². The van der Waals surface area contributed by atoms with Crippen LogP contribution >= 0.6 is 0 Å². The lowest BCUT2D eigenvalue weighted by molar-refractivity contribution is -0.141. The average Bonchev–Trinajstić information content (AvgIpc) is 3.18. The lowest BCUT2D eigenvalue weighted by Gasteiger charge is -2.20. The van der Waals surface area contributed by atoms with Gasteiger partial charge < -0.3 is 24.3 Å². The molecule has 0 aliphatic heterocycles. The molecule has 0 saturated heterocycles. The second kappa shape index (κ2) is 10.0. The van der Waals surface area contributed by atoms with Crippen LogP contribution in [0.15, 0.2) is 59.0 Å². The molecular weight excluding hydrogens is 386 g/mol. The van der Waals surface area contributed by atoms with Crippen LogP contribution in [0.2, 0.25) is 0 Å². The van der Waals surface area contributed by atoms with E-state index in [4.69, 9.17) is 19.0 Å². The van der Waals surface area contributed by atoms with Crippen LogP contribution in [0, 0.1) is 5.92 Å². The molecule has 3 aromatic rings. The third-order valence-electron chi connectivity index (χ3n) is 4.77. The summed E-state index contributed by atoms with van der Waals surface area (Å²) in [6.45, 7) is 1.83. The van der Waals surface area contributed by atoms with Gasteiger partial charge in [-0.1, -0.05) is 37.3 Å². The fraction of sp³-hybridized carbons (Fsp3) is 0.304. The first-order valence-electron chi connectivity index (χ1n) is 9.67. The quantitative estimate of drug-likeness (QED) is 0.387. The second-order valence-electron chi connectivity index (χ2n) is 7.15. The molecule has 0 aliphatic rings. The van der Waals surface area contributed by atoms with E-state index in [-0.39, 0.29) is 25.7 Å². The number of carboxylic acid groups (broad SMARTS) is 1. The molecule has 2 N–H and O–H groups in total. The number of rotatable bonds is 10. The molecular formula is C23H25NO6. The zero-order valence-electron chi connectivity index (χ0n) is 17.0. The summed E-state index contributed by atoms with van der Waals surface area (Å²) >= 11 is 0. The van der Waals surface area contributed by atoms with E-state index in [0.717, 1.165) is 22.3 Å². The number of methoxy groups -OCH3 is 1. The lowest BCUT2D eigenvalue weighted by Crippen LogP contribution is -2.40. The summed E-state index contributed by atoms with van der Waals surface area (Å²) in [5, 5.41) is 13.0. The fourth-order valence-corrected chi connectivity index (χ4v) is 3.15. The largest absolute Gasteiger partial charge is 0.481 e. The number of aliphatic carboxylic acids is 1. The van der Waals surface area contributed by atoms with Gasteiger partial charge in [0.05, 0.1) is 18.6 Å². The predicted molar refractivity (Wildman–Crippen MR) is 112 cm³/mol. The van der Waals surface area contributed by atoms with E-state index in [1.807, 2.05) is 42.5 Å². The molecule has 7 heteroatoms. The Bertz CT molecular complexity index is 961. The Kier molecular flexibility index (Phi) is 7.21. The van der Waals surface area contributed by atoms with Crippen LogP contribution in [0.5, 0.6) is 0 Å². The smallest absolute Gasteiger partial charge is 0.306 e. The van der Waals surface area contributed by atoms with Crippen molar-refractivity contribution in [3.63, 3.8) is 0 Å². The molecule has 0 aliphatic carbocycles. The minimum Gasteiger partial charge on any atom is -0.481 e. The summed E-state index contributed by atoms with van der Waals surface area (Å²) in [5.74, 6) is -1.10. The number of amides is 1. The monoisotopic (exact) mass is 411 g/mol. The Balaban J connectivity index is 1.68. The fourth-order valence-electron chi connectivity index (χ4n) is 3.15. The molecule has 7 nitrogen and oxygen atoms in total. The highest BCUT2D eigenvalue weighted by atomic mass is 16.7. The van der Waals surface area contributed by atoms with E-state index in [1.54, 1.807) is 19.1 Å². The van der Waals surface area contributed by atoms with Gasteiger partial charge in [0.25, 0.3) is 5.91 Å². The minimum absolute atomic E-state index is 0.0695. The molecule has 1 amide bonds. The van der Waals surface area contributed by atoms with Gasteiger partial charge in [-0.15, -0.1) is 0 Å². The van der Waals surface area contributed by atoms with Gasteiger partial charge in [-0.05, 0) is 30.7 Å². The highest BCUT2D eigenvalue weighted by Gasteiger charge is 2.21. The molecule has 0 radical (unpaired) electrons. The van der Waals surface area contributed by atoms with Crippen molar-refractivity contribution in [2.45, 2.75) is 19.4 Å². The molecule has 0 fully saturated rings. The number of carboxylic acids is 1. The number of fused-ring (bicyclic) bond motifs is 1. The summed E-state index contributed by atoms with van der Waals surface area (Å²) in [7, 11) is 1.50. The van der Waals surface area contributed by atoms with Gasteiger partial charge >= 0.3 is 5.97 Å². The number of ether oxygens (including phenoxy) is 2. The van der Waals surface area contributed by atoms with Gasteiger partial charge in [0, 0.05) is 23.6 Å². The van der Waals surface area contributed by atoms with Crippen LogP contribution in [-0.2, 0) is 14.3 Å². The first-order valence-corrected chi connectivity index (χ1v) is 9.67. The van der Waals surface area contributed by atoms with Crippen LogP contribution in [0.4, 0.5) is 0 Å². The number of benzene rings is 2. The van der Waals surface area contributed by atoms with Gasteiger partial charge in [0.2, 0.25) is 0 Å². The van der Waals surface area contributed by atoms with Crippen molar-refractivity contribution < 1.29 is 28.6 Å². The first-order chi connectivity index (χ1) is 14.5. The molecule has 1 heterocycles. The third-order valence-corrected chi connectivity index (χ3v) is 4.77. The Labute approximate surface area is 174 Å². The van der Waals surface area contributed by atoms with Crippen molar-refractivity contribution in [2.75, 3.05) is 20.5 Å². The summed E-state index contributed by atoms with van der Waals surface area (Å²) < 4.78 is 16.0. The maximum atomic E-state index is 12.7. The summed E-state index contributed by atoms with van der Waals surface area (Å²) in [6.07, 6.45) is 0.252. The van der Waals surface area contributed by atoms with Gasteiger partial charge in [0.15, 0.2) is 0 Å².